The van der Waals surface area contributed by atoms with Crippen molar-refractivity contribution in [3.05, 3.63) is 30.2 Å². The van der Waals surface area contributed by atoms with Crippen molar-refractivity contribution in [3.8, 4) is 12.3 Å². The Balaban J connectivity index is 2.54. The summed E-state index contributed by atoms with van der Waals surface area (Å²) < 4.78 is 5.03. The summed E-state index contributed by atoms with van der Waals surface area (Å²) in [5, 5.41) is 2.66. The van der Waals surface area contributed by atoms with E-state index in [2.05, 4.69) is 11.2 Å². The molecule has 0 saturated heterocycles. The van der Waals surface area contributed by atoms with E-state index in [1.54, 1.807) is 38.3 Å². The fourth-order valence-corrected chi connectivity index (χ4v) is 0.930. The minimum atomic E-state index is -0.634. The van der Waals surface area contributed by atoms with Gasteiger partial charge in [0.05, 0.1) is 11.8 Å². The highest BCUT2D eigenvalue weighted by Crippen LogP contribution is 2.03. The second-order valence-corrected chi connectivity index (χ2v) is 3.61. The highest BCUT2D eigenvalue weighted by molar-refractivity contribution is 5.92. The molecule has 0 radical (unpaired) electrons. The summed E-state index contributed by atoms with van der Waals surface area (Å²) in [6.07, 6.45) is 9.75. The summed E-state index contributed by atoms with van der Waals surface area (Å²) in [6, 6.07) is 3.51. The molecular formula is C12H13NO2. The lowest BCUT2D eigenvalue weighted by molar-refractivity contribution is -0.117. The molecule has 0 aliphatic rings. The van der Waals surface area contributed by atoms with Crippen LogP contribution in [0.25, 0.3) is 6.08 Å². The van der Waals surface area contributed by atoms with Crippen LogP contribution in [-0.4, -0.2) is 11.4 Å². The fraction of sp³-hybridized carbons (Fsp3) is 0.250. The van der Waals surface area contributed by atoms with Crippen molar-refractivity contribution < 1.29 is 9.21 Å². The molecule has 0 aliphatic heterocycles. The molecule has 0 fully saturated rings. The third-order valence-corrected chi connectivity index (χ3v) is 1.74. The third-order valence-electron chi connectivity index (χ3n) is 1.74. The summed E-state index contributed by atoms with van der Waals surface area (Å²) >= 11 is 0. The average molecular weight is 203 g/mol. The van der Waals surface area contributed by atoms with Crippen LogP contribution in [0.5, 0.6) is 0 Å². The van der Waals surface area contributed by atoms with Crippen LogP contribution in [0.15, 0.2) is 28.9 Å². The van der Waals surface area contributed by atoms with E-state index in [9.17, 15) is 4.79 Å². The first-order valence-corrected chi connectivity index (χ1v) is 4.55. The predicted molar refractivity (Wildman–Crippen MR) is 58.8 cm³/mol. The Labute approximate surface area is 89.2 Å². The van der Waals surface area contributed by atoms with Crippen LogP contribution in [-0.2, 0) is 4.79 Å². The second kappa shape index (κ2) is 4.52. The topological polar surface area (TPSA) is 42.2 Å². The summed E-state index contributed by atoms with van der Waals surface area (Å²) in [7, 11) is 0. The molecule has 1 heterocycles. The van der Waals surface area contributed by atoms with E-state index in [4.69, 9.17) is 10.8 Å². The fourth-order valence-electron chi connectivity index (χ4n) is 0.930. The van der Waals surface area contributed by atoms with Gasteiger partial charge in [-0.15, -0.1) is 6.42 Å². The number of hydrogen-bond donors (Lipinski definition) is 1. The molecule has 0 spiro atoms. The molecule has 3 nitrogen and oxygen atoms in total. The maximum absolute atomic E-state index is 11.4. The average Bonchev–Trinajstić information content (AvgIpc) is 2.66. The van der Waals surface area contributed by atoms with Crippen LogP contribution < -0.4 is 5.32 Å². The largest absolute Gasteiger partial charge is 0.465 e. The van der Waals surface area contributed by atoms with Crippen LogP contribution in [0.1, 0.15) is 19.6 Å². The lowest BCUT2D eigenvalue weighted by atomic mass is 10.1. The Bertz CT molecular complexity index is 394. The highest BCUT2D eigenvalue weighted by atomic mass is 16.3. The molecule has 78 valence electrons. The zero-order chi connectivity index (χ0) is 11.3. The number of hydrogen-bond acceptors (Lipinski definition) is 2. The molecular weight excluding hydrogens is 190 g/mol. The lowest BCUT2D eigenvalue weighted by Gasteiger charge is -2.17. The van der Waals surface area contributed by atoms with Gasteiger partial charge in [-0.05, 0) is 32.1 Å². The minimum absolute atomic E-state index is 0.241. The molecule has 1 aromatic heterocycles. The first-order chi connectivity index (χ1) is 7.03. The molecule has 15 heavy (non-hydrogen) atoms. The molecule has 1 rings (SSSR count). The van der Waals surface area contributed by atoms with Crippen LogP contribution in [0.4, 0.5) is 0 Å². The van der Waals surface area contributed by atoms with Crippen molar-refractivity contribution in [1.82, 2.24) is 5.32 Å². The first-order valence-electron chi connectivity index (χ1n) is 4.55. The van der Waals surface area contributed by atoms with E-state index in [-0.39, 0.29) is 5.91 Å². The Morgan fingerprint density at radius 3 is 2.93 bits per heavy atom. The number of amides is 1. The molecule has 0 bridgehead atoms. The summed E-state index contributed by atoms with van der Waals surface area (Å²) in [4.78, 5) is 11.4. The summed E-state index contributed by atoms with van der Waals surface area (Å²) in [6.45, 7) is 3.51. The Morgan fingerprint density at radius 1 is 1.67 bits per heavy atom. The number of nitrogens with one attached hydrogen (secondary N) is 1. The van der Waals surface area contributed by atoms with Gasteiger partial charge in [-0.2, -0.15) is 0 Å². The van der Waals surface area contributed by atoms with Crippen LogP contribution in [0.2, 0.25) is 0 Å². The smallest absolute Gasteiger partial charge is 0.245 e. The van der Waals surface area contributed by atoms with Gasteiger partial charge in [0.15, 0.2) is 0 Å². The van der Waals surface area contributed by atoms with Gasteiger partial charge in [-0.25, -0.2) is 0 Å². The molecule has 1 amide bonds. The van der Waals surface area contributed by atoms with Gasteiger partial charge in [0.25, 0.3) is 0 Å². The van der Waals surface area contributed by atoms with Crippen LogP contribution in [0.3, 0.4) is 0 Å². The maximum atomic E-state index is 11.4. The molecule has 0 unspecified atom stereocenters. The Kier molecular flexibility index (Phi) is 3.35. The van der Waals surface area contributed by atoms with E-state index in [1.807, 2.05) is 0 Å². The number of carbonyl (C=O) groups excluding carboxylic acids is 1. The summed E-state index contributed by atoms with van der Waals surface area (Å²) in [5.74, 6) is 2.86. The number of furan rings is 1. The molecule has 0 aromatic carbocycles. The maximum Gasteiger partial charge on any atom is 0.245 e. The molecule has 3 heteroatoms. The number of terminal acetylenes is 1. The minimum Gasteiger partial charge on any atom is -0.465 e. The van der Waals surface area contributed by atoms with Gasteiger partial charge in [-0.3, -0.25) is 4.79 Å². The summed E-state index contributed by atoms with van der Waals surface area (Å²) in [5.41, 5.74) is -0.634. The second-order valence-electron chi connectivity index (χ2n) is 3.61. The monoisotopic (exact) mass is 203 g/mol. The van der Waals surface area contributed by atoms with Crippen molar-refractivity contribution in [2.24, 2.45) is 0 Å². The van der Waals surface area contributed by atoms with Crippen molar-refractivity contribution in [1.29, 1.82) is 0 Å². The lowest BCUT2D eigenvalue weighted by Crippen LogP contribution is -2.41. The van der Waals surface area contributed by atoms with Crippen molar-refractivity contribution in [2.45, 2.75) is 19.4 Å². The molecule has 1 N–H and O–H groups in total. The molecule has 0 aliphatic carbocycles. The third kappa shape index (κ3) is 3.74. The molecule has 1 aromatic rings. The quantitative estimate of drug-likeness (QED) is 0.601. The van der Waals surface area contributed by atoms with Gasteiger partial charge in [-0.1, -0.05) is 5.92 Å². The van der Waals surface area contributed by atoms with Crippen LogP contribution >= 0.6 is 0 Å². The van der Waals surface area contributed by atoms with Crippen molar-refractivity contribution in [2.75, 3.05) is 0 Å². The van der Waals surface area contributed by atoms with Crippen molar-refractivity contribution >= 4 is 12.0 Å². The highest BCUT2D eigenvalue weighted by Gasteiger charge is 2.14. The van der Waals surface area contributed by atoms with E-state index in [1.165, 1.54) is 6.08 Å². The number of carbonyl (C=O) groups is 1. The standard InChI is InChI=1S/C12H13NO2/c1-4-12(2,3)13-11(14)8-7-10-6-5-9-15-10/h1,5-9H,2-3H3,(H,13,14). The van der Waals surface area contributed by atoms with E-state index in [0.717, 1.165) is 0 Å². The van der Waals surface area contributed by atoms with E-state index in [0.29, 0.717) is 5.76 Å². The normalized spacial score (nSPS) is 11.3. The SMILES string of the molecule is C#CC(C)(C)NC(=O)C=Cc1ccco1. The van der Waals surface area contributed by atoms with E-state index < -0.39 is 5.54 Å². The van der Waals surface area contributed by atoms with Crippen LogP contribution in [0, 0.1) is 12.3 Å². The molecule has 0 atom stereocenters. The van der Waals surface area contributed by atoms with Gasteiger partial charge < -0.3 is 9.73 Å². The van der Waals surface area contributed by atoms with Gasteiger partial charge in [0.1, 0.15) is 5.76 Å². The molecule has 0 saturated carbocycles. The van der Waals surface area contributed by atoms with Crippen molar-refractivity contribution in [3.63, 3.8) is 0 Å². The first kappa shape index (κ1) is 11.1. The Morgan fingerprint density at radius 2 is 2.40 bits per heavy atom. The zero-order valence-electron chi connectivity index (χ0n) is 8.78. The van der Waals surface area contributed by atoms with Gasteiger partial charge >= 0.3 is 0 Å². The van der Waals surface area contributed by atoms with E-state index >= 15 is 0 Å². The van der Waals surface area contributed by atoms with Gasteiger partial charge in [0, 0.05) is 6.08 Å². The Hall–Kier alpha value is -1.95. The predicted octanol–water partition coefficient (Wildman–Crippen LogP) is 1.82. The van der Waals surface area contributed by atoms with Gasteiger partial charge in [0.2, 0.25) is 5.91 Å². The number of rotatable bonds is 3. The zero-order valence-corrected chi connectivity index (χ0v) is 8.78.